The van der Waals surface area contributed by atoms with Crippen LogP contribution in [0.25, 0.3) is 11.1 Å². The third-order valence-electron chi connectivity index (χ3n) is 5.46. The fourth-order valence-electron chi connectivity index (χ4n) is 3.91. The van der Waals surface area contributed by atoms with Crippen molar-refractivity contribution < 1.29 is 8.97 Å². The van der Waals surface area contributed by atoms with Crippen LogP contribution in [0.15, 0.2) is 84.9 Å². The molecule has 4 rings (SSSR count). The second-order valence-corrected chi connectivity index (χ2v) is 7.90. The van der Waals surface area contributed by atoms with Crippen molar-refractivity contribution in [3.63, 3.8) is 0 Å². The van der Waals surface area contributed by atoms with Crippen molar-refractivity contribution >= 4 is 22.5 Å². The van der Waals surface area contributed by atoms with Gasteiger partial charge in [0.25, 0.3) is 0 Å². The fourth-order valence-corrected chi connectivity index (χ4v) is 3.91. The van der Waals surface area contributed by atoms with E-state index in [1.807, 2.05) is 26.2 Å². The number of benzene rings is 3. The first-order chi connectivity index (χ1) is 14.5. The molecule has 0 aromatic heterocycles. The van der Waals surface area contributed by atoms with E-state index in [1.54, 1.807) is 0 Å². The van der Waals surface area contributed by atoms with Gasteiger partial charge in [-0.2, -0.15) is 0 Å². The number of rotatable bonds is 3. The van der Waals surface area contributed by atoms with Crippen molar-refractivity contribution in [3.8, 4) is 0 Å². The van der Waals surface area contributed by atoms with Crippen molar-refractivity contribution in [2.24, 2.45) is 0 Å². The maximum absolute atomic E-state index is 13.7. The summed E-state index contributed by atoms with van der Waals surface area (Å²) in [6.07, 6.45) is 4.34. The molecule has 0 N–H and O–H groups in total. The molecule has 3 aromatic carbocycles. The van der Waals surface area contributed by atoms with E-state index in [0.29, 0.717) is 0 Å². The molecule has 0 aliphatic heterocycles. The first-order valence-corrected chi connectivity index (χ1v) is 10.1. The Morgan fingerprint density at radius 2 is 1.30 bits per heavy atom. The van der Waals surface area contributed by atoms with Crippen LogP contribution < -0.4 is 4.90 Å². The van der Waals surface area contributed by atoms with Gasteiger partial charge in [-0.05, 0) is 64.2 Å². The smallest absolute Gasteiger partial charge is 0.207 e. The predicted octanol–water partition coefficient (Wildman–Crippen LogP) is 5.48. The Labute approximate surface area is 177 Å². The number of halogens is 1. The van der Waals surface area contributed by atoms with E-state index in [4.69, 9.17) is 0 Å². The summed E-state index contributed by atoms with van der Waals surface area (Å²) >= 11 is 0. The summed E-state index contributed by atoms with van der Waals surface area (Å²) in [5, 5.41) is 0. The van der Waals surface area contributed by atoms with Crippen LogP contribution in [0.3, 0.4) is 0 Å². The third-order valence-corrected chi connectivity index (χ3v) is 5.46. The SMILES string of the molecule is CN(C)c1ccc(/C(=C2\C=CC(=[N+](C)C)c3ccccc32)c2ccc(F)cc2)cc1. The van der Waals surface area contributed by atoms with Gasteiger partial charge in [0.1, 0.15) is 19.9 Å². The highest BCUT2D eigenvalue weighted by Gasteiger charge is 2.23. The maximum atomic E-state index is 13.7. The van der Waals surface area contributed by atoms with Crippen LogP contribution in [-0.4, -0.2) is 38.5 Å². The van der Waals surface area contributed by atoms with Gasteiger partial charge >= 0.3 is 0 Å². The third kappa shape index (κ3) is 3.71. The number of hydrogen-bond donors (Lipinski definition) is 0. The lowest BCUT2D eigenvalue weighted by Crippen LogP contribution is -2.17. The number of allylic oxidation sites excluding steroid dienone is 3. The lowest BCUT2D eigenvalue weighted by molar-refractivity contribution is -0.463. The Balaban J connectivity index is 2.00. The lowest BCUT2D eigenvalue weighted by atomic mass is 9.83. The highest BCUT2D eigenvalue weighted by atomic mass is 19.1. The first-order valence-electron chi connectivity index (χ1n) is 10.1. The standard InChI is InChI=1S/C27H26FN2/c1-29(2)22-15-11-20(12-16-22)27(19-9-13-21(28)14-10-19)25-17-18-26(30(3)4)24-8-6-5-7-23(24)25/h5-18H,1-4H3/q+1. The fraction of sp³-hybridized carbons (Fsp3) is 0.148. The van der Waals surface area contributed by atoms with E-state index >= 15 is 0 Å². The Hall–Kier alpha value is -3.46. The van der Waals surface area contributed by atoms with Gasteiger partial charge in [0.15, 0.2) is 0 Å². The minimum atomic E-state index is -0.228. The minimum Gasteiger partial charge on any atom is -0.378 e. The molecule has 0 fully saturated rings. The summed E-state index contributed by atoms with van der Waals surface area (Å²) in [6.45, 7) is 0. The van der Waals surface area contributed by atoms with E-state index in [0.717, 1.165) is 28.0 Å². The summed E-state index contributed by atoms with van der Waals surface area (Å²) in [4.78, 5) is 2.09. The van der Waals surface area contributed by atoms with Crippen LogP contribution in [0.2, 0.25) is 0 Å². The molecule has 0 radical (unpaired) electrons. The van der Waals surface area contributed by atoms with Crippen LogP contribution in [0, 0.1) is 5.82 Å². The molecule has 0 amide bonds. The van der Waals surface area contributed by atoms with Gasteiger partial charge in [-0.25, -0.2) is 8.97 Å². The van der Waals surface area contributed by atoms with Crippen LogP contribution >= 0.6 is 0 Å². The molecule has 0 bridgehead atoms. The number of hydrogen-bond acceptors (Lipinski definition) is 1. The van der Waals surface area contributed by atoms with Crippen LogP contribution in [0.4, 0.5) is 10.1 Å². The quantitative estimate of drug-likeness (QED) is 0.530. The van der Waals surface area contributed by atoms with E-state index in [-0.39, 0.29) is 5.82 Å². The van der Waals surface area contributed by atoms with Gasteiger partial charge in [-0.1, -0.05) is 42.5 Å². The maximum Gasteiger partial charge on any atom is 0.207 e. The van der Waals surface area contributed by atoms with Crippen molar-refractivity contribution in [3.05, 3.63) is 113 Å². The predicted molar refractivity (Wildman–Crippen MR) is 125 cm³/mol. The average molecular weight is 398 g/mol. The molecule has 0 heterocycles. The van der Waals surface area contributed by atoms with Crippen LogP contribution in [0.1, 0.15) is 22.3 Å². The number of nitrogens with zero attached hydrogens (tertiary/aromatic N) is 2. The van der Waals surface area contributed by atoms with Gasteiger partial charge < -0.3 is 4.90 Å². The second kappa shape index (κ2) is 8.11. The normalized spacial score (nSPS) is 14.4. The van der Waals surface area contributed by atoms with Crippen LogP contribution in [-0.2, 0) is 0 Å². The van der Waals surface area contributed by atoms with Crippen molar-refractivity contribution in [1.29, 1.82) is 0 Å². The van der Waals surface area contributed by atoms with E-state index in [1.165, 1.54) is 29.0 Å². The Kier molecular flexibility index (Phi) is 5.37. The molecule has 0 spiro atoms. The average Bonchev–Trinajstić information content (AvgIpc) is 2.75. The van der Waals surface area contributed by atoms with E-state index < -0.39 is 0 Å². The van der Waals surface area contributed by atoms with Crippen molar-refractivity contribution in [2.75, 3.05) is 33.1 Å². The molecular formula is C27H26FN2+. The Bertz CT molecular complexity index is 1160. The lowest BCUT2D eigenvalue weighted by Gasteiger charge is -2.20. The largest absolute Gasteiger partial charge is 0.378 e. The zero-order valence-electron chi connectivity index (χ0n) is 17.9. The summed E-state index contributed by atoms with van der Waals surface area (Å²) in [6, 6.07) is 23.8. The second-order valence-electron chi connectivity index (χ2n) is 7.90. The molecule has 30 heavy (non-hydrogen) atoms. The molecule has 3 aromatic rings. The van der Waals surface area contributed by atoms with Crippen molar-refractivity contribution in [2.45, 2.75) is 0 Å². The molecule has 0 atom stereocenters. The van der Waals surface area contributed by atoms with E-state index in [9.17, 15) is 4.39 Å². The highest BCUT2D eigenvalue weighted by molar-refractivity contribution is 6.17. The summed E-state index contributed by atoms with van der Waals surface area (Å²) in [5.41, 5.74) is 9.04. The minimum absolute atomic E-state index is 0.228. The zero-order valence-corrected chi connectivity index (χ0v) is 17.9. The monoisotopic (exact) mass is 397 g/mol. The Morgan fingerprint density at radius 1 is 0.733 bits per heavy atom. The number of anilines is 1. The summed E-state index contributed by atoms with van der Waals surface area (Å²) in [7, 11) is 8.19. The zero-order chi connectivity index (χ0) is 21.3. The summed E-state index contributed by atoms with van der Waals surface area (Å²) in [5.74, 6) is -0.228. The molecule has 3 heteroatoms. The molecular weight excluding hydrogens is 371 g/mol. The molecule has 1 aliphatic rings. The van der Waals surface area contributed by atoms with Gasteiger partial charge in [0, 0.05) is 25.9 Å². The highest BCUT2D eigenvalue weighted by Crippen LogP contribution is 2.37. The molecule has 0 unspecified atom stereocenters. The van der Waals surface area contributed by atoms with Crippen molar-refractivity contribution in [1.82, 2.24) is 0 Å². The van der Waals surface area contributed by atoms with Crippen LogP contribution in [0.5, 0.6) is 0 Å². The molecule has 150 valence electrons. The topological polar surface area (TPSA) is 6.25 Å². The molecule has 1 aliphatic carbocycles. The van der Waals surface area contributed by atoms with Gasteiger partial charge in [-0.3, -0.25) is 0 Å². The van der Waals surface area contributed by atoms with Gasteiger partial charge in [-0.15, -0.1) is 0 Å². The molecule has 0 saturated carbocycles. The summed E-state index contributed by atoms with van der Waals surface area (Å²) < 4.78 is 15.8. The molecule has 2 nitrogen and oxygen atoms in total. The number of fused-ring (bicyclic) bond motifs is 1. The first kappa shape index (κ1) is 19.8. The molecule has 0 saturated heterocycles. The van der Waals surface area contributed by atoms with Gasteiger partial charge in [0.05, 0.1) is 5.56 Å². The van der Waals surface area contributed by atoms with Gasteiger partial charge in [0.2, 0.25) is 5.71 Å². The Morgan fingerprint density at radius 3 is 1.87 bits per heavy atom. The van der Waals surface area contributed by atoms with E-state index in [2.05, 4.69) is 84.3 Å².